The second kappa shape index (κ2) is 8.04. The van der Waals surface area contributed by atoms with E-state index in [1.54, 1.807) is 12.1 Å². The van der Waals surface area contributed by atoms with Gasteiger partial charge in [0.2, 0.25) is 0 Å². The average molecular weight is 352 g/mol. The standard InChI is InChI=1S/C21H24N2O3/c1-23(2)17-12-10-16(11-13-17)21(25)26-14-20(24)22-19-9-5-7-15-6-3-4-8-18(15)19/h3-4,6,8,10-13,19H,5,7,9,14H2,1-2H3,(H,22,24)/t19-/m0/s1. The fraction of sp³-hybridized carbons (Fsp3) is 0.333. The van der Waals surface area contributed by atoms with Crippen LogP contribution in [0, 0.1) is 0 Å². The monoisotopic (exact) mass is 352 g/mol. The minimum absolute atomic E-state index is 0.00877. The van der Waals surface area contributed by atoms with E-state index >= 15 is 0 Å². The average Bonchev–Trinajstić information content (AvgIpc) is 2.66. The highest BCUT2D eigenvalue weighted by atomic mass is 16.5. The fourth-order valence-electron chi connectivity index (χ4n) is 3.25. The Bertz CT molecular complexity index is 784. The van der Waals surface area contributed by atoms with Crippen molar-refractivity contribution in [2.45, 2.75) is 25.3 Å². The predicted molar refractivity (Wildman–Crippen MR) is 101 cm³/mol. The zero-order valence-corrected chi connectivity index (χ0v) is 15.2. The highest BCUT2D eigenvalue weighted by Gasteiger charge is 2.21. The lowest BCUT2D eigenvalue weighted by atomic mass is 9.88. The van der Waals surface area contributed by atoms with Gasteiger partial charge < -0.3 is 15.0 Å². The van der Waals surface area contributed by atoms with E-state index in [1.807, 2.05) is 43.3 Å². The van der Waals surface area contributed by atoms with Crippen molar-refractivity contribution in [1.29, 1.82) is 0 Å². The summed E-state index contributed by atoms with van der Waals surface area (Å²) in [6.45, 7) is -0.271. The van der Waals surface area contributed by atoms with Crippen molar-refractivity contribution in [3.63, 3.8) is 0 Å². The van der Waals surface area contributed by atoms with Crippen LogP contribution >= 0.6 is 0 Å². The first-order chi connectivity index (χ1) is 12.5. The zero-order valence-electron chi connectivity index (χ0n) is 15.2. The maximum absolute atomic E-state index is 12.2. The van der Waals surface area contributed by atoms with E-state index in [0.717, 1.165) is 30.5 Å². The Morgan fingerprint density at radius 2 is 1.85 bits per heavy atom. The largest absolute Gasteiger partial charge is 0.452 e. The molecule has 1 aliphatic carbocycles. The highest BCUT2D eigenvalue weighted by Crippen LogP contribution is 2.29. The number of amides is 1. The van der Waals surface area contributed by atoms with Crippen LogP contribution in [-0.4, -0.2) is 32.6 Å². The van der Waals surface area contributed by atoms with E-state index in [0.29, 0.717) is 5.56 Å². The Morgan fingerprint density at radius 1 is 1.12 bits per heavy atom. The smallest absolute Gasteiger partial charge is 0.338 e. The number of carbonyl (C=O) groups is 2. The van der Waals surface area contributed by atoms with Crippen LogP contribution in [0.25, 0.3) is 0 Å². The Balaban J connectivity index is 1.54. The van der Waals surface area contributed by atoms with Crippen molar-refractivity contribution >= 4 is 17.6 Å². The lowest BCUT2D eigenvalue weighted by molar-refractivity contribution is -0.125. The third-order valence-corrected chi connectivity index (χ3v) is 4.66. The van der Waals surface area contributed by atoms with Crippen molar-refractivity contribution in [3.8, 4) is 0 Å². The topological polar surface area (TPSA) is 58.6 Å². The number of aryl methyl sites for hydroxylation is 1. The van der Waals surface area contributed by atoms with Crippen LogP contribution in [0.1, 0.15) is 40.4 Å². The molecule has 0 aromatic heterocycles. The van der Waals surface area contributed by atoms with Crippen LogP contribution in [0.15, 0.2) is 48.5 Å². The lowest BCUT2D eigenvalue weighted by Crippen LogP contribution is -2.34. The summed E-state index contributed by atoms with van der Waals surface area (Å²) in [5.74, 6) is -0.764. The van der Waals surface area contributed by atoms with Gasteiger partial charge in [-0.3, -0.25) is 4.79 Å². The van der Waals surface area contributed by atoms with Gasteiger partial charge in [-0.15, -0.1) is 0 Å². The SMILES string of the molecule is CN(C)c1ccc(C(=O)OCC(=O)N[C@H]2CCCc3ccccc32)cc1. The van der Waals surface area contributed by atoms with E-state index < -0.39 is 5.97 Å². The molecule has 0 fully saturated rings. The van der Waals surface area contributed by atoms with E-state index in [9.17, 15) is 9.59 Å². The first kappa shape index (κ1) is 18.0. The molecule has 5 heteroatoms. The molecule has 0 bridgehead atoms. The third kappa shape index (κ3) is 4.23. The van der Waals surface area contributed by atoms with Crippen LogP contribution in [0.2, 0.25) is 0 Å². The van der Waals surface area contributed by atoms with Crippen LogP contribution in [0.3, 0.4) is 0 Å². The van der Waals surface area contributed by atoms with Gasteiger partial charge in [-0.05, 0) is 54.7 Å². The highest BCUT2D eigenvalue weighted by molar-refractivity contribution is 5.91. The van der Waals surface area contributed by atoms with Gasteiger partial charge in [-0.25, -0.2) is 4.79 Å². The molecule has 0 saturated heterocycles. The molecule has 1 atom stereocenters. The first-order valence-corrected chi connectivity index (χ1v) is 8.86. The number of nitrogens with one attached hydrogen (secondary N) is 1. The van der Waals surface area contributed by atoms with Crippen LogP contribution in [-0.2, 0) is 16.0 Å². The number of ether oxygens (including phenoxy) is 1. The van der Waals surface area contributed by atoms with Crippen LogP contribution < -0.4 is 10.2 Å². The summed E-state index contributed by atoms with van der Waals surface area (Å²) in [6.07, 6.45) is 2.99. The van der Waals surface area contributed by atoms with Gasteiger partial charge >= 0.3 is 5.97 Å². The Hall–Kier alpha value is -2.82. The zero-order chi connectivity index (χ0) is 18.5. The summed E-state index contributed by atoms with van der Waals surface area (Å²) >= 11 is 0. The van der Waals surface area contributed by atoms with Gasteiger partial charge in [-0.1, -0.05) is 24.3 Å². The number of rotatable bonds is 5. The quantitative estimate of drug-likeness (QED) is 0.840. The predicted octanol–water partition coefficient (Wildman–Crippen LogP) is 3.10. The van der Waals surface area contributed by atoms with Gasteiger partial charge in [0.1, 0.15) is 0 Å². The molecule has 26 heavy (non-hydrogen) atoms. The lowest BCUT2D eigenvalue weighted by Gasteiger charge is -2.26. The minimum Gasteiger partial charge on any atom is -0.452 e. The van der Waals surface area contributed by atoms with Gasteiger partial charge in [0, 0.05) is 19.8 Å². The summed E-state index contributed by atoms with van der Waals surface area (Å²) < 4.78 is 5.16. The molecule has 5 nitrogen and oxygen atoms in total. The number of fused-ring (bicyclic) bond motifs is 1. The Morgan fingerprint density at radius 3 is 2.58 bits per heavy atom. The van der Waals surface area contributed by atoms with Crippen molar-refractivity contribution in [1.82, 2.24) is 5.32 Å². The summed E-state index contributed by atoms with van der Waals surface area (Å²) in [4.78, 5) is 26.3. The second-order valence-corrected chi connectivity index (χ2v) is 6.73. The summed E-state index contributed by atoms with van der Waals surface area (Å²) in [5, 5.41) is 2.98. The molecule has 3 rings (SSSR count). The second-order valence-electron chi connectivity index (χ2n) is 6.73. The van der Waals surface area contributed by atoms with E-state index in [-0.39, 0.29) is 18.6 Å². The van der Waals surface area contributed by atoms with Gasteiger partial charge in [0.05, 0.1) is 11.6 Å². The maximum Gasteiger partial charge on any atom is 0.338 e. The summed E-state index contributed by atoms with van der Waals surface area (Å²) in [7, 11) is 3.86. The third-order valence-electron chi connectivity index (χ3n) is 4.66. The van der Waals surface area contributed by atoms with Crippen molar-refractivity contribution < 1.29 is 14.3 Å². The van der Waals surface area contributed by atoms with Crippen LogP contribution in [0.4, 0.5) is 5.69 Å². The van der Waals surface area contributed by atoms with E-state index in [2.05, 4.69) is 17.4 Å². The number of benzene rings is 2. The van der Waals surface area contributed by atoms with Crippen molar-refractivity contribution in [2.75, 3.05) is 25.6 Å². The van der Waals surface area contributed by atoms with Crippen molar-refractivity contribution in [3.05, 3.63) is 65.2 Å². The number of hydrogen-bond acceptors (Lipinski definition) is 4. The normalized spacial score (nSPS) is 15.7. The molecule has 136 valence electrons. The number of hydrogen-bond donors (Lipinski definition) is 1. The molecule has 1 N–H and O–H groups in total. The minimum atomic E-state index is -0.491. The number of carbonyl (C=O) groups excluding carboxylic acids is 2. The Kier molecular flexibility index (Phi) is 5.56. The van der Waals surface area contributed by atoms with Gasteiger partial charge in [0.25, 0.3) is 5.91 Å². The molecule has 2 aromatic rings. The summed E-state index contributed by atoms with van der Waals surface area (Å²) in [5.41, 5.74) is 3.88. The number of esters is 1. The Labute approximate surface area is 154 Å². The molecule has 0 spiro atoms. The molecule has 0 aliphatic heterocycles. The fourth-order valence-corrected chi connectivity index (χ4v) is 3.25. The molecule has 0 unspecified atom stereocenters. The maximum atomic E-state index is 12.2. The van der Waals surface area contributed by atoms with Crippen LogP contribution in [0.5, 0.6) is 0 Å². The number of nitrogens with zero attached hydrogens (tertiary/aromatic N) is 1. The van der Waals surface area contributed by atoms with Crippen molar-refractivity contribution in [2.24, 2.45) is 0 Å². The molecular weight excluding hydrogens is 328 g/mol. The molecule has 1 amide bonds. The molecule has 0 radical (unpaired) electrons. The van der Waals surface area contributed by atoms with E-state index in [4.69, 9.17) is 4.74 Å². The molecular formula is C21H24N2O3. The molecule has 0 saturated carbocycles. The summed E-state index contributed by atoms with van der Waals surface area (Å²) in [6, 6.07) is 15.2. The van der Waals surface area contributed by atoms with E-state index in [1.165, 1.54) is 5.56 Å². The number of anilines is 1. The molecule has 2 aromatic carbocycles. The molecule has 1 aliphatic rings. The van der Waals surface area contributed by atoms with Gasteiger partial charge in [-0.2, -0.15) is 0 Å². The molecule has 0 heterocycles. The first-order valence-electron chi connectivity index (χ1n) is 8.86. The van der Waals surface area contributed by atoms with Gasteiger partial charge in [0.15, 0.2) is 6.61 Å².